The van der Waals surface area contributed by atoms with Gasteiger partial charge in [0.1, 0.15) is 0 Å². The predicted octanol–water partition coefficient (Wildman–Crippen LogP) is 4.36. The quantitative estimate of drug-likeness (QED) is 0.729. The molecule has 0 fully saturated rings. The molecule has 3 nitrogen and oxygen atoms in total. The lowest BCUT2D eigenvalue weighted by Gasteiger charge is -2.18. The normalized spacial score (nSPS) is 12.9. The second-order valence-electron chi connectivity index (χ2n) is 5.15. The second kappa shape index (κ2) is 6.30. The lowest BCUT2D eigenvalue weighted by molar-refractivity contribution is 0.545. The van der Waals surface area contributed by atoms with Gasteiger partial charge in [0.15, 0.2) is 4.96 Å². The van der Waals surface area contributed by atoms with Gasteiger partial charge in [0.05, 0.1) is 5.69 Å². The van der Waals surface area contributed by atoms with Crippen LogP contribution in [0.4, 0.5) is 0 Å². The van der Waals surface area contributed by atoms with E-state index in [9.17, 15) is 0 Å². The Morgan fingerprint density at radius 2 is 2.29 bits per heavy atom. The van der Waals surface area contributed by atoms with E-state index in [2.05, 4.69) is 75.5 Å². The van der Waals surface area contributed by atoms with Crippen LogP contribution < -0.4 is 5.32 Å². The number of hydrogen-bond donors (Lipinski definition) is 1. The first-order chi connectivity index (χ1) is 10.2. The van der Waals surface area contributed by atoms with Crippen LogP contribution >= 0.6 is 27.3 Å². The summed E-state index contributed by atoms with van der Waals surface area (Å²) in [6.45, 7) is 5.22. The molecule has 0 radical (unpaired) electrons. The second-order valence-corrected chi connectivity index (χ2v) is 6.88. The number of rotatable bonds is 5. The summed E-state index contributed by atoms with van der Waals surface area (Å²) in [6, 6.07) is 6.85. The van der Waals surface area contributed by atoms with Crippen LogP contribution in [-0.4, -0.2) is 15.9 Å². The number of thiazole rings is 1. The summed E-state index contributed by atoms with van der Waals surface area (Å²) in [5.41, 5.74) is 3.71. The minimum atomic E-state index is 0.298. The topological polar surface area (TPSA) is 29.3 Å². The molecule has 110 valence electrons. The Labute approximate surface area is 137 Å². The molecule has 1 aromatic carbocycles. The van der Waals surface area contributed by atoms with E-state index in [4.69, 9.17) is 4.98 Å². The number of halogens is 1. The molecule has 0 bridgehead atoms. The van der Waals surface area contributed by atoms with E-state index in [1.807, 2.05) is 0 Å². The van der Waals surface area contributed by atoms with Crippen LogP contribution in [0.2, 0.25) is 0 Å². The van der Waals surface area contributed by atoms with Crippen molar-refractivity contribution in [1.29, 1.82) is 0 Å². The molecule has 3 rings (SSSR count). The van der Waals surface area contributed by atoms with Crippen LogP contribution in [0.3, 0.4) is 0 Å². The first kappa shape index (κ1) is 14.8. The molecule has 0 aliphatic carbocycles. The van der Waals surface area contributed by atoms with Gasteiger partial charge < -0.3 is 5.32 Å². The number of imidazole rings is 1. The van der Waals surface area contributed by atoms with E-state index in [-0.39, 0.29) is 0 Å². The van der Waals surface area contributed by atoms with Crippen molar-refractivity contribution in [3.63, 3.8) is 0 Å². The van der Waals surface area contributed by atoms with Crippen LogP contribution in [0.25, 0.3) is 4.96 Å². The molecule has 5 heteroatoms. The molecule has 1 unspecified atom stereocenters. The van der Waals surface area contributed by atoms with E-state index >= 15 is 0 Å². The monoisotopic (exact) mass is 363 g/mol. The molecular formula is C16H18BrN3S. The molecule has 3 aromatic rings. The Morgan fingerprint density at radius 1 is 1.43 bits per heavy atom. The highest BCUT2D eigenvalue weighted by molar-refractivity contribution is 9.10. The Hall–Kier alpha value is -1.17. The van der Waals surface area contributed by atoms with E-state index in [0.717, 1.165) is 28.1 Å². The van der Waals surface area contributed by atoms with Gasteiger partial charge in [-0.15, -0.1) is 11.3 Å². The summed E-state index contributed by atoms with van der Waals surface area (Å²) in [5, 5.41) is 5.63. The first-order valence-corrected chi connectivity index (χ1v) is 8.75. The minimum Gasteiger partial charge on any atom is -0.310 e. The van der Waals surface area contributed by atoms with Crippen LogP contribution in [-0.2, 0) is 6.42 Å². The first-order valence-electron chi connectivity index (χ1n) is 7.08. The van der Waals surface area contributed by atoms with Crippen LogP contribution in [0.1, 0.15) is 29.8 Å². The van der Waals surface area contributed by atoms with E-state index in [1.165, 1.54) is 11.1 Å². The van der Waals surface area contributed by atoms with Gasteiger partial charge in [0.25, 0.3) is 0 Å². The number of nitrogens with one attached hydrogen (secondary N) is 1. The number of aryl methyl sites for hydroxylation is 1. The van der Waals surface area contributed by atoms with Gasteiger partial charge in [-0.05, 0) is 30.7 Å². The van der Waals surface area contributed by atoms with Crippen molar-refractivity contribution >= 4 is 32.2 Å². The zero-order valence-electron chi connectivity index (χ0n) is 12.1. The Balaban J connectivity index is 1.86. The summed E-state index contributed by atoms with van der Waals surface area (Å²) in [5.74, 6) is 0. The SMILES string of the molecule is CCNC(Cc1cn2ccsc2n1)c1ccc(Br)c(C)c1. The summed E-state index contributed by atoms with van der Waals surface area (Å²) in [6.07, 6.45) is 5.09. The average molecular weight is 364 g/mol. The maximum Gasteiger partial charge on any atom is 0.193 e. The third-order valence-electron chi connectivity index (χ3n) is 3.59. The van der Waals surface area contributed by atoms with Crippen molar-refractivity contribution in [2.45, 2.75) is 26.3 Å². The van der Waals surface area contributed by atoms with E-state index in [0.29, 0.717) is 6.04 Å². The molecule has 1 atom stereocenters. The lowest BCUT2D eigenvalue weighted by atomic mass is 10.0. The molecule has 0 amide bonds. The Bertz CT molecular complexity index is 718. The molecule has 2 heterocycles. The molecule has 0 saturated heterocycles. The number of aromatic nitrogens is 2. The van der Waals surface area contributed by atoms with Crippen molar-refractivity contribution in [2.24, 2.45) is 0 Å². The molecular weight excluding hydrogens is 346 g/mol. The van der Waals surface area contributed by atoms with Gasteiger partial charge >= 0.3 is 0 Å². The maximum absolute atomic E-state index is 4.69. The molecule has 0 aliphatic rings. The highest BCUT2D eigenvalue weighted by Gasteiger charge is 2.14. The third kappa shape index (κ3) is 3.20. The van der Waals surface area contributed by atoms with Gasteiger partial charge in [-0.25, -0.2) is 4.98 Å². The highest BCUT2D eigenvalue weighted by Crippen LogP contribution is 2.24. The van der Waals surface area contributed by atoms with Crippen molar-refractivity contribution in [2.75, 3.05) is 6.54 Å². The maximum atomic E-state index is 4.69. The minimum absolute atomic E-state index is 0.298. The molecule has 1 N–H and O–H groups in total. The number of benzene rings is 1. The average Bonchev–Trinajstić information content (AvgIpc) is 3.02. The molecule has 0 aliphatic heterocycles. The van der Waals surface area contributed by atoms with E-state index < -0.39 is 0 Å². The third-order valence-corrected chi connectivity index (χ3v) is 5.25. The molecule has 0 spiro atoms. The van der Waals surface area contributed by atoms with Gasteiger partial charge in [-0.2, -0.15) is 0 Å². The summed E-state index contributed by atoms with van der Waals surface area (Å²) >= 11 is 5.24. The zero-order chi connectivity index (χ0) is 14.8. The number of nitrogens with zero attached hydrogens (tertiary/aromatic N) is 2. The Morgan fingerprint density at radius 3 is 3.00 bits per heavy atom. The van der Waals surface area contributed by atoms with Gasteiger partial charge in [-0.3, -0.25) is 4.40 Å². The van der Waals surface area contributed by atoms with E-state index in [1.54, 1.807) is 11.3 Å². The number of fused-ring (bicyclic) bond motifs is 1. The number of hydrogen-bond acceptors (Lipinski definition) is 3. The smallest absolute Gasteiger partial charge is 0.193 e. The highest BCUT2D eigenvalue weighted by atomic mass is 79.9. The molecule has 2 aromatic heterocycles. The van der Waals surface area contributed by atoms with Crippen LogP contribution in [0.15, 0.2) is 40.4 Å². The van der Waals surface area contributed by atoms with Gasteiger partial charge in [0, 0.05) is 34.7 Å². The summed E-state index contributed by atoms with van der Waals surface area (Å²) in [7, 11) is 0. The lowest BCUT2D eigenvalue weighted by Crippen LogP contribution is -2.23. The van der Waals surface area contributed by atoms with Crippen LogP contribution in [0, 0.1) is 6.92 Å². The standard InChI is InChI=1S/C16H18BrN3S/c1-3-18-15(12-4-5-14(17)11(2)8-12)9-13-10-20-6-7-21-16(20)19-13/h4-8,10,15,18H,3,9H2,1-2H3. The van der Waals surface area contributed by atoms with Crippen molar-refractivity contribution < 1.29 is 0 Å². The summed E-state index contributed by atoms with van der Waals surface area (Å²) < 4.78 is 3.25. The predicted molar refractivity (Wildman–Crippen MR) is 92.1 cm³/mol. The van der Waals surface area contributed by atoms with Crippen molar-refractivity contribution in [3.8, 4) is 0 Å². The fourth-order valence-electron chi connectivity index (χ4n) is 2.52. The fourth-order valence-corrected chi connectivity index (χ4v) is 3.49. The zero-order valence-corrected chi connectivity index (χ0v) is 14.5. The molecule has 21 heavy (non-hydrogen) atoms. The van der Waals surface area contributed by atoms with Crippen molar-refractivity contribution in [1.82, 2.24) is 14.7 Å². The fraction of sp³-hybridized carbons (Fsp3) is 0.312. The van der Waals surface area contributed by atoms with Crippen LogP contribution in [0.5, 0.6) is 0 Å². The summed E-state index contributed by atoms with van der Waals surface area (Å²) in [4.78, 5) is 5.75. The van der Waals surface area contributed by atoms with Crippen molar-refractivity contribution in [3.05, 3.63) is 57.3 Å². The number of likely N-dealkylation sites (N-methyl/N-ethyl adjacent to an activating group) is 1. The largest absolute Gasteiger partial charge is 0.310 e. The Kier molecular flexibility index (Phi) is 4.42. The molecule has 0 saturated carbocycles. The van der Waals surface area contributed by atoms with Gasteiger partial charge in [0.2, 0.25) is 0 Å². The van der Waals surface area contributed by atoms with Gasteiger partial charge in [-0.1, -0.05) is 35.0 Å².